The first-order valence-corrected chi connectivity index (χ1v) is 10.3. The van der Waals surface area contributed by atoms with Gasteiger partial charge in [0.1, 0.15) is 5.82 Å². The van der Waals surface area contributed by atoms with Crippen LogP contribution in [0.15, 0.2) is 42.7 Å². The molecule has 5 nitrogen and oxygen atoms in total. The van der Waals surface area contributed by atoms with Crippen molar-refractivity contribution in [3.05, 3.63) is 59.7 Å². The number of nitrogens with one attached hydrogen (secondary N) is 1. The summed E-state index contributed by atoms with van der Waals surface area (Å²) in [6.07, 6.45) is 6.86. The van der Waals surface area contributed by atoms with Crippen LogP contribution in [-0.2, 0) is 11.8 Å². The summed E-state index contributed by atoms with van der Waals surface area (Å²) in [6, 6.07) is 8.72. The Bertz CT molecular complexity index is 901. The number of amides is 2. The third-order valence-corrected chi connectivity index (χ3v) is 6.66. The molecule has 2 atom stereocenters. The standard InChI is InChI=1S/C22H24F2N4O/c23-22(24)18-14-28(11-9-21(18,22)17-4-2-1-3-5-17)20(29)25-10-8-15-12-26-19(27-13-15)16-6-7-16/h1-5,12-13,16,18H,6-11,14H2,(H,25,29). The molecule has 152 valence electrons. The van der Waals surface area contributed by atoms with Crippen LogP contribution in [0, 0.1) is 5.92 Å². The zero-order chi connectivity index (χ0) is 20.1. The molecule has 2 aliphatic carbocycles. The summed E-state index contributed by atoms with van der Waals surface area (Å²) in [6.45, 7) is 0.866. The molecule has 29 heavy (non-hydrogen) atoms. The highest BCUT2D eigenvalue weighted by molar-refractivity contribution is 5.74. The molecule has 5 rings (SSSR count). The SMILES string of the molecule is O=C(NCCc1cnc(C2CC2)nc1)N1CCC2(c3ccccc3)C(C1)C2(F)F. The lowest BCUT2D eigenvalue weighted by Crippen LogP contribution is -2.46. The fraction of sp³-hybridized carbons (Fsp3) is 0.500. The molecule has 7 heteroatoms. The van der Waals surface area contributed by atoms with E-state index in [0.29, 0.717) is 37.4 Å². The van der Waals surface area contributed by atoms with Gasteiger partial charge in [0.2, 0.25) is 0 Å². The molecule has 3 fully saturated rings. The third-order valence-electron chi connectivity index (χ3n) is 6.66. The molecule has 1 aliphatic heterocycles. The summed E-state index contributed by atoms with van der Waals surface area (Å²) in [5.41, 5.74) is 0.543. The van der Waals surface area contributed by atoms with Gasteiger partial charge in [0.15, 0.2) is 0 Å². The first-order valence-electron chi connectivity index (χ1n) is 10.3. The highest BCUT2D eigenvalue weighted by Crippen LogP contribution is 2.70. The van der Waals surface area contributed by atoms with Crippen molar-refractivity contribution in [2.45, 2.75) is 42.9 Å². The van der Waals surface area contributed by atoms with Crippen molar-refractivity contribution in [1.29, 1.82) is 0 Å². The minimum absolute atomic E-state index is 0.0902. The molecule has 2 heterocycles. The minimum Gasteiger partial charge on any atom is -0.338 e. The van der Waals surface area contributed by atoms with E-state index in [9.17, 15) is 13.6 Å². The first-order chi connectivity index (χ1) is 14.0. The van der Waals surface area contributed by atoms with Crippen LogP contribution in [0.1, 0.15) is 42.1 Å². The van der Waals surface area contributed by atoms with E-state index in [-0.39, 0.29) is 12.6 Å². The van der Waals surface area contributed by atoms with Gasteiger partial charge in [-0.25, -0.2) is 23.5 Å². The van der Waals surface area contributed by atoms with Crippen LogP contribution in [0.5, 0.6) is 0 Å². The van der Waals surface area contributed by atoms with Crippen LogP contribution in [-0.4, -0.2) is 46.5 Å². The molecule has 2 unspecified atom stereocenters. The van der Waals surface area contributed by atoms with Crippen LogP contribution >= 0.6 is 0 Å². The van der Waals surface area contributed by atoms with Crippen LogP contribution in [0.4, 0.5) is 13.6 Å². The van der Waals surface area contributed by atoms with E-state index in [0.717, 1.165) is 24.2 Å². The normalized spacial score (nSPS) is 27.2. The lowest BCUT2D eigenvalue weighted by Gasteiger charge is -2.30. The Labute approximate surface area is 168 Å². The predicted molar refractivity (Wildman–Crippen MR) is 104 cm³/mol. The van der Waals surface area contributed by atoms with Crippen molar-refractivity contribution in [3.63, 3.8) is 0 Å². The van der Waals surface area contributed by atoms with E-state index in [1.807, 2.05) is 18.5 Å². The molecule has 2 saturated carbocycles. The van der Waals surface area contributed by atoms with Gasteiger partial charge >= 0.3 is 6.03 Å². The molecule has 0 spiro atoms. The van der Waals surface area contributed by atoms with Crippen molar-refractivity contribution in [2.75, 3.05) is 19.6 Å². The van der Waals surface area contributed by atoms with Gasteiger partial charge in [0, 0.05) is 37.9 Å². The van der Waals surface area contributed by atoms with E-state index >= 15 is 0 Å². The van der Waals surface area contributed by atoms with Gasteiger partial charge in [-0.2, -0.15) is 0 Å². The number of hydrogen-bond acceptors (Lipinski definition) is 3. The highest BCUT2D eigenvalue weighted by atomic mass is 19.3. The Morgan fingerprint density at radius 2 is 1.90 bits per heavy atom. The quantitative estimate of drug-likeness (QED) is 0.839. The summed E-state index contributed by atoms with van der Waals surface area (Å²) in [5, 5.41) is 2.86. The minimum atomic E-state index is -2.76. The largest absolute Gasteiger partial charge is 0.338 e. The van der Waals surface area contributed by atoms with Crippen LogP contribution in [0.3, 0.4) is 0 Å². The van der Waals surface area contributed by atoms with Crippen molar-refractivity contribution in [2.24, 2.45) is 5.92 Å². The van der Waals surface area contributed by atoms with Crippen LogP contribution in [0.2, 0.25) is 0 Å². The Kier molecular flexibility index (Phi) is 4.29. The topological polar surface area (TPSA) is 58.1 Å². The number of urea groups is 1. The summed E-state index contributed by atoms with van der Waals surface area (Å²) in [7, 11) is 0. The second kappa shape index (κ2) is 6.75. The smallest absolute Gasteiger partial charge is 0.317 e. The first kappa shape index (κ1) is 18.5. The zero-order valence-corrected chi connectivity index (χ0v) is 16.2. The van der Waals surface area contributed by atoms with E-state index in [2.05, 4.69) is 15.3 Å². The fourth-order valence-corrected chi connectivity index (χ4v) is 4.70. The van der Waals surface area contributed by atoms with E-state index in [1.54, 1.807) is 24.3 Å². The van der Waals surface area contributed by atoms with Gasteiger partial charge in [-0.1, -0.05) is 30.3 Å². The molecular weight excluding hydrogens is 374 g/mol. The van der Waals surface area contributed by atoms with E-state index in [4.69, 9.17) is 0 Å². The number of benzene rings is 1. The third kappa shape index (κ3) is 3.07. The van der Waals surface area contributed by atoms with Crippen LogP contribution < -0.4 is 5.32 Å². The molecule has 3 aliphatic rings. The summed E-state index contributed by atoms with van der Waals surface area (Å²) >= 11 is 0. The average Bonchev–Trinajstić information content (AvgIpc) is 3.66. The second-order valence-corrected chi connectivity index (χ2v) is 8.41. The average molecular weight is 398 g/mol. The highest BCUT2D eigenvalue weighted by Gasteiger charge is 2.81. The van der Waals surface area contributed by atoms with Gasteiger partial charge < -0.3 is 10.2 Å². The molecule has 1 aromatic carbocycles. The number of alkyl halides is 2. The molecule has 1 aromatic heterocycles. The number of fused-ring (bicyclic) bond motifs is 1. The van der Waals surface area contributed by atoms with Gasteiger partial charge in [-0.15, -0.1) is 0 Å². The molecule has 0 radical (unpaired) electrons. The van der Waals surface area contributed by atoms with Gasteiger partial charge in [0.25, 0.3) is 5.92 Å². The van der Waals surface area contributed by atoms with Gasteiger partial charge in [-0.05, 0) is 36.8 Å². The number of likely N-dealkylation sites (tertiary alicyclic amines) is 1. The number of carbonyl (C=O) groups excluding carboxylic acids is 1. The maximum Gasteiger partial charge on any atom is 0.317 e. The molecule has 2 amide bonds. The van der Waals surface area contributed by atoms with Crippen molar-refractivity contribution in [3.8, 4) is 0 Å². The van der Waals surface area contributed by atoms with Gasteiger partial charge in [0.05, 0.1) is 11.3 Å². The number of halogens is 2. The van der Waals surface area contributed by atoms with Crippen molar-refractivity contribution in [1.82, 2.24) is 20.2 Å². The lowest BCUT2D eigenvalue weighted by atomic mass is 9.87. The summed E-state index contributed by atoms with van der Waals surface area (Å²) in [5.74, 6) is -2.14. The number of aromatic nitrogens is 2. The van der Waals surface area contributed by atoms with E-state index < -0.39 is 17.3 Å². The Morgan fingerprint density at radius 1 is 1.17 bits per heavy atom. The maximum atomic E-state index is 14.7. The summed E-state index contributed by atoms with van der Waals surface area (Å²) < 4.78 is 29.3. The Balaban J connectivity index is 1.15. The predicted octanol–water partition coefficient (Wildman–Crippen LogP) is 3.51. The number of hydrogen-bond donors (Lipinski definition) is 1. The Morgan fingerprint density at radius 3 is 2.55 bits per heavy atom. The number of nitrogens with zero attached hydrogens (tertiary/aromatic N) is 3. The lowest BCUT2D eigenvalue weighted by molar-refractivity contribution is 0.0776. The second-order valence-electron chi connectivity index (χ2n) is 8.41. The summed E-state index contributed by atoms with van der Waals surface area (Å²) in [4.78, 5) is 22.8. The molecule has 1 N–H and O–H groups in total. The molecule has 0 bridgehead atoms. The number of rotatable bonds is 5. The number of carbonyl (C=O) groups is 1. The maximum absolute atomic E-state index is 14.7. The van der Waals surface area contributed by atoms with E-state index in [1.165, 1.54) is 4.90 Å². The number of piperidine rings is 1. The van der Waals surface area contributed by atoms with Crippen LogP contribution in [0.25, 0.3) is 0 Å². The van der Waals surface area contributed by atoms with Crippen molar-refractivity contribution >= 4 is 6.03 Å². The monoisotopic (exact) mass is 398 g/mol. The Hall–Kier alpha value is -2.57. The molecule has 1 saturated heterocycles. The molecule has 2 aromatic rings. The fourth-order valence-electron chi connectivity index (χ4n) is 4.70. The van der Waals surface area contributed by atoms with Crippen molar-refractivity contribution < 1.29 is 13.6 Å². The zero-order valence-electron chi connectivity index (χ0n) is 16.2. The van der Waals surface area contributed by atoms with Gasteiger partial charge in [-0.3, -0.25) is 0 Å². The molecular formula is C22H24F2N4O.